The maximum atomic E-state index is 12.9. The second-order valence-corrected chi connectivity index (χ2v) is 8.84. The van der Waals surface area contributed by atoms with Crippen LogP contribution in [0.3, 0.4) is 0 Å². The second kappa shape index (κ2) is 11.9. The number of carbonyl (C=O) groups is 4. The molecule has 3 amide bonds. The van der Waals surface area contributed by atoms with Gasteiger partial charge in [0.1, 0.15) is 23.9 Å². The number of nitrogens with one attached hydrogen (secondary N) is 2. The number of carbonyl (C=O) groups excluding carboxylic acids is 3. The Labute approximate surface area is 198 Å². The molecule has 1 aromatic rings. The van der Waals surface area contributed by atoms with Crippen molar-refractivity contribution < 1.29 is 29.4 Å². The topological polar surface area (TPSA) is 162 Å². The molecule has 182 valence electrons. The molecule has 0 saturated carbocycles. The third-order valence-corrected chi connectivity index (χ3v) is 5.98. The lowest BCUT2D eigenvalue weighted by atomic mass is 10.0. The third-order valence-electron chi connectivity index (χ3n) is 5.59. The summed E-state index contributed by atoms with van der Waals surface area (Å²) in [6, 6.07) is 2.23. The van der Waals surface area contributed by atoms with Crippen molar-refractivity contribution in [2.45, 2.75) is 57.3 Å². The Morgan fingerprint density at radius 1 is 1.18 bits per heavy atom. The first-order valence-electron chi connectivity index (χ1n) is 10.8. The molecule has 1 fully saturated rings. The summed E-state index contributed by atoms with van der Waals surface area (Å²) >= 11 is 4.04. The number of carboxylic acids is 1. The summed E-state index contributed by atoms with van der Waals surface area (Å²) in [6.07, 6.45) is 1.09. The molecule has 0 radical (unpaired) electrons. The molecular formula is C22H32N4O6S. The minimum atomic E-state index is -1.22. The molecule has 4 unspecified atom stereocenters. The fourth-order valence-electron chi connectivity index (χ4n) is 3.71. The molecule has 2 rings (SSSR count). The number of rotatable bonds is 10. The maximum Gasteiger partial charge on any atom is 0.326 e. The average molecular weight is 481 g/mol. The number of hydrogen-bond donors (Lipinski definition) is 6. The molecule has 0 aliphatic carbocycles. The molecule has 0 bridgehead atoms. The summed E-state index contributed by atoms with van der Waals surface area (Å²) in [7, 11) is 0. The molecule has 6 N–H and O–H groups in total. The van der Waals surface area contributed by atoms with Gasteiger partial charge >= 0.3 is 5.97 Å². The Kier molecular flexibility index (Phi) is 9.54. The lowest BCUT2D eigenvalue weighted by Crippen LogP contribution is -2.58. The van der Waals surface area contributed by atoms with Crippen molar-refractivity contribution in [2.24, 2.45) is 11.7 Å². The van der Waals surface area contributed by atoms with Crippen molar-refractivity contribution in [1.29, 1.82) is 0 Å². The highest BCUT2D eigenvalue weighted by Crippen LogP contribution is 2.19. The van der Waals surface area contributed by atoms with Gasteiger partial charge in [-0.05, 0) is 36.5 Å². The van der Waals surface area contributed by atoms with Gasteiger partial charge in [-0.1, -0.05) is 26.0 Å². The molecular weight excluding hydrogens is 448 g/mol. The first-order valence-corrected chi connectivity index (χ1v) is 11.5. The Bertz CT molecular complexity index is 863. The number of aliphatic carboxylic acids is 1. The monoisotopic (exact) mass is 480 g/mol. The Balaban J connectivity index is 2.08. The summed E-state index contributed by atoms with van der Waals surface area (Å²) in [5.41, 5.74) is 6.40. The molecule has 0 spiro atoms. The minimum Gasteiger partial charge on any atom is -0.508 e. The van der Waals surface area contributed by atoms with Crippen LogP contribution in [-0.4, -0.2) is 75.3 Å². The van der Waals surface area contributed by atoms with Crippen molar-refractivity contribution in [1.82, 2.24) is 15.5 Å². The zero-order valence-corrected chi connectivity index (χ0v) is 19.6. The molecule has 1 aromatic carbocycles. The van der Waals surface area contributed by atoms with E-state index in [0.717, 1.165) is 0 Å². The number of phenolic OH excluding ortho intramolecular Hbond substituents is 1. The van der Waals surface area contributed by atoms with E-state index in [1.807, 2.05) is 0 Å². The number of benzene rings is 1. The van der Waals surface area contributed by atoms with Crippen LogP contribution in [-0.2, 0) is 25.6 Å². The predicted octanol–water partition coefficient (Wildman–Crippen LogP) is -0.107. The number of carboxylic acid groups (broad SMARTS) is 1. The normalized spacial score (nSPS) is 18.5. The van der Waals surface area contributed by atoms with E-state index in [1.165, 1.54) is 17.0 Å². The van der Waals surface area contributed by atoms with Gasteiger partial charge in [0.15, 0.2) is 0 Å². The van der Waals surface area contributed by atoms with Crippen molar-refractivity contribution in [3.8, 4) is 5.75 Å². The van der Waals surface area contributed by atoms with Crippen LogP contribution in [0, 0.1) is 5.92 Å². The van der Waals surface area contributed by atoms with E-state index in [9.17, 15) is 29.4 Å². The average Bonchev–Trinajstić information content (AvgIpc) is 3.26. The van der Waals surface area contributed by atoms with Gasteiger partial charge in [0.2, 0.25) is 17.7 Å². The number of aromatic hydroxyl groups is 1. The highest BCUT2D eigenvalue weighted by molar-refractivity contribution is 7.80. The van der Waals surface area contributed by atoms with Crippen molar-refractivity contribution in [3.63, 3.8) is 0 Å². The number of thiol groups is 1. The minimum absolute atomic E-state index is 0.00658. The Morgan fingerprint density at radius 3 is 2.36 bits per heavy atom. The number of nitrogens with two attached hydrogens (primary N) is 1. The number of hydrogen-bond acceptors (Lipinski definition) is 7. The van der Waals surface area contributed by atoms with E-state index < -0.39 is 42.0 Å². The van der Waals surface area contributed by atoms with Crippen molar-refractivity contribution >= 4 is 36.3 Å². The van der Waals surface area contributed by atoms with Gasteiger partial charge in [0.25, 0.3) is 0 Å². The second-order valence-electron chi connectivity index (χ2n) is 8.48. The lowest BCUT2D eigenvalue weighted by Gasteiger charge is -2.29. The summed E-state index contributed by atoms with van der Waals surface area (Å²) in [5, 5.41) is 24.1. The lowest BCUT2D eigenvalue weighted by molar-refractivity contribution is -0.143. The van der Waals surface area contributed by atoms with E-state index in [-0.39, 0.29) is 29.7 Å². The predicted molar refractivity (Wildman–Crippen MR) is 125 cm³/mol. The molecule has 0 aromatic heterocycles. The Morgan fingerprint density at radius 2 is 1.82 bits per heavy atom. The fraction of sp³-hybridized carbons (Fsp3) is 0.545. The molecule has 1 aliphatic heterocycles. The number of likely N-dealkylation sites (tertiary alicyclic amines) is 1. The molecule has 1 saturated heterocycles. The van der Waals surface area contributed by atoms with Crippen LogP contribution >= 0.6 is 12.6 Å². The van der Waals surface area contributed by atoms with Crippen LogP contribution in [0.4, 0.5) is 0 Å². The first kappa shape index (κ1) is 26.5. The molecule has 4 atom stereocenters. The highest BCUT2D eigenvalue weighted by Gasteiger charge is 2.38. The summed E-state index contributed by atoms with van der Waals surface area (Å²) in [5.74, 6) is -2.84. The van der Waals surface area contributed by atoms with Crippen LogP contribution in [0.15, 0.2) is 24.3 Å². The zero-order valence-electron chi connectivity index (χ0n) is 18.7. The van der Waals surface area contributed by atoms with E-state index in [2.05, 4.69) is 23.3 Å². The van der Waals surface area contributed by atoms with E-state index in [1.54, 1.807) is 26.0 Å². The van der Waals surface area contributed by atoms with Crippen molar-refractivity contribution in [3.05, 3.63) is 29.8 Å². The van der Waals surface area contributed by atoms with Gasteiger partial charge in [0.05, 0.1) is 6.04 Å². The summed E-state index contributed by atoms with van der Waals surface area (Å²) < 4.78 is 0. The van der Waals surface area contributed by atoms with Crippen LogP contribution < -0.4 is 16.4 Å². The molecule has 10 nitrogen and oxygen atoms in total. The molecule has 1 heterocycles. The van der Waals surface area contributed by atoms with E-state index in [4.69, 9.17) is 5.73 Å². The SMILES string of the molecule is CC(C)C(NC(=O)C1CCCN1C(=O)C(N)CS)C(=O)NC(Cc1ccc(O)cc1)C(=O)O. The zero-order chi connectivity index (χ0) is 24.7. The highest BCUT2D eigenvalue weighted by atomic mass is 32.1. The van der Waals surface area contributed by atoms with Gasteiger partial charge in [0, 0.05) is 18.7 Å². The molecule has 1 aliphatic rings. The number of amides is 3. The summed E-state index contributed by atoms with van der Waals surface area (Å²) in [6.45, 7) is 3.86. The van der Waals surface area contributed by atoms with E-state index >= 15 is 0 Å². The van der Waals surface area contributed by atoms with Crippen LogP contribution in [0.5, 0.6) is 5.75 Å². The van der Waals surface area contributed by atoms with E-state index in [0.29, 0.717) is 24.9 Å². The quantitative estimate of drug-likeness (QED) is 0.255. The fourth-order valence-corrected chi connectivity index (χ4v) is 3.86. The number of nitrogens with zero attached hydrogens (tertiary/aromatic N) is 1. The van der Waals surface area contributed by atoms with Crippen molar-refractivity contribution in [2.75, 3.05) is 12.3 Å². The van der Waals surface area contributed by atoms with Gasteiger partial charge in [-0.25, -0.2) is 4.79 Å². The van der Waals surface area contributed by atoms with Crippen LogP contribution in [0.25, 0.3) is 0 Å². The molecule has 33 heavy (non-hydrogen) atoms. The number of phenols is 1. The first-order chi connectivity index (χ1) is 15.5. The Hall–Kier alpha value is -2.79. The summed E-state index contributed by atoms with van der Waals surface area (Å²) in [4.78, 5) is 51.5. The van der Waals surface area contributed by atoms with Gasteiger partial charge in [-0.2, -0.15) is 12.6 Å². The molecule has 11 heteroatoms. The third kappa shape index (κ3) is 7.10. The standard InChI is InChI=1S/C22H32N4O6S/c1-12(2)18(25-19(28)17-4-3-9-26(17)21(30)15(23)11-33)20(29)24-16(22(31)32)10-13-5-7-14(27)8-6-13/h5-8,12,15-18,27,33H,3-4,9-11,23H2,1-2H3,(H,24,29)(H,25,28)(H,31,32). The van der Waals surface area contributed by atoms with Gasteiger partial charge < -0.3 is 31.5 Å². The maximum absolute atomic E-state index is 12.9. The largest absolute Gasteiger partial charge is 0.508 e. The van der Waals surface area contributed by atoms with Gasteiger partial charge in [-0.15, -0.1) is 0 Å². The van der Waals surface area contributed by atoms with Crippen LogP contribution in [0.2, 0.25) is 0 Å². The van der Waals surface area contributed by atoms with Crippen LogP contribution in [0.1, 0.15) is 32.3 Å². The smallest absolute Gasteiger partial charge is 0.326 e. The van der Waals surface area contributed by atoms with Gasteiger partial charge in [-0.3, -0.25) is 14.4 Å².